The summed E-state index contributed by atoms with van der Waals surface area (Å²) in [7, 11) is 0. The van der Waals surface area contributed by atoms with E-state index in [0.717, 1.165) is 0 Å². The van der Waals surface area contributed by atoms with Gasteiger partial charge in [0, 0.05) is 6.61 Å². The number of aromatic hydroxyl groups is 2. The molecule has 6 heteroatoms. The van der Waals surface area contributed by atoms with Crippen molar-refractivity contribution < 1.29 is 19.5 Å². The highest BCUT2D eigenvalue weighted by Gasteiger charge is 2.14. The highest BCUT2D eigenvalue weighted by molar-refractivity contribution is 5.66. The Labute approximate surface area is 97.5 Å². The summed E-state index contributed by atoms with van der Waals surface area (Å²) in [6, 6.07) is 4.53. The summed E-state index contributed by atoms with van der Waals surface area (Å²) in [5.41, 5.74) is 0.292. The predicted molar refractivity (Wildman–Crippen MR) is 58.4 cm³/mol. The van der Waals surface area contributed by atoms with E-state index in [0.29, 0.717) is 18.0 Å². The molecule has 0 aliphatic carbocycles. The normalized spacial score (nSPS) is 10.6. The second-order valence-electron chi connectivity index (χ2n) is 3.33. The molecule has 0 bridgehead atoms. The Balaban J connectivity index is 2.27. The van der Waals surface area contributed by atoms with Gasteiger partial charge in [-0.3, -0.25) is 0 Å². The largest absolute Gasteiger partial charge is 0.504 e. The van der Waals surface area contributed by atoms with Gasteiger partial charge in [-0.25, -0.2) is 0 Å². The number of phenolic OH excluding ortho intramolecular Hbond substituents is 2. The quantitative estimate of drug-likeness (QED) is 0.785. The maximum Gasteiger partial charge on any atom is 0.261 e. The molecule has 0 saturated carbocycles. The van der Waals surface area contributed by atoms with Gasteiger partial charge in [0.15, 0.2) is 17.3 Å². The maximum absolute atomic E-state index is 9.63. The number of hydrogen-bond donors (Lipinski definition) is 2. The fourth-order valence-corrected chi connectivity index (χ4v) is 1.32. The highest BCUT2D eigenvalue weighted by atomic mass is 16.5. The van der Waals surface area contributed by atoms with Crippen LogP contribution in [0.25, 0.3) is 11.5 Å². The number of aromatic nitrogens is 2. The van der Waals surface area contributed by atoms with Gasteiger partial charge in [-0.1, -0.05) is 11.2 Å². The van der Waals surface area contributed by atoms with Crippen molar-refractivity contribution in [1.29, 1.82) is 0 Å². The average Bonchev–Trinajstić information content (AvgIpc) is 2.78. The Bertz CT molecular complexity index is 510. The zero-order valence-corrected chi connectivity index (χ0v) is 9.25. The standard InChI is InChI=1S/C11H12N2O4/c1-2-16-6-9-12-11(17-13-9)7-4-3-5-8(14)10(7)15/h3-5,14-15H,2,6H2,1H3. The monoisotopic (exact) mass is 236 g/mol. The van der Waals surface area contributed by atoms with Crippen molar-refractivity contribution in [2.45, 2.75) is 13.5 Å². The molecule has 0 amide bonds. The number of nitrogens with zero attached hydrogens (tertiary/aromatic N) is 2. The first-order valence-corrected chi connectivity index (χ1v) is 5.14. The molecule has 2 N–H and O–H groups in total. The highest BCUT2D eigenvalue weighted by Crippen LogP contribution is 2.34. The van der Waals surface area contributed by atoms with Crippen LogP contribution in [0, 0.1) is 0 Å². The second-order valence-corrected chi connectivity index (χ2v) is 3.33. The van der Waals surface area contributed by atoms with E-state index < -0.39 is 0 Å². The van der Waals surface area contributed by atoms with Crippen LogP contribution in [0.1, 0.15) is 12.7 Å². The third-order valence-electron chi connectivity index (χ3n) is 2.15. The van der Waals surface area contributed by atoms with Crippen molar-refractivity contribution in [1.82, 2.24) is 10.1 Å². The van der Waals surface area contributed by atoms with E-state index in [1.54, 1.807) is 12.1 Å². The average molecular weight is 236 g/mol. The number of rotatable bonds is 4. The van der Waals surface area contributed by atoms with E-state index in [1.165, 1.54) is 6.07 Å². The Morgan fingerprint density at radius 2 is 2.18 bits per heavy atom. The van der Waals surface area contributed by atoms with Crippen LogP contribution in [0.5, 0.6) is 11.5 Å². The van der Waals surface area contributed by atoms with E-state index >= 15 is 0 Å². The molecule has 0 aliphatic rings. The van der Waals surface area contributed by atoms with Gasteiger partial charge < -0.3 is 19.5 Å². The zero-order chi connectivity index (χ0) is 12.3. The number of para-hydroxylation sites is 1. The lowest BCUT2D eigenvalue weighted by atomic mass is 10.2. The first-order chi connectivity index (χ1) is 8.22. The van der Waals surface area contributed by atoms with Crippen molar-refractivity contribution in [3.8, 4) is 23.0 Å². The van der Waals surface area contributed by atoms with Crippen LogP contribution in [0.2, 0.25) is 0 Å². The molecule has 17 heavy (non-hydrogen) atoms. The van der Waals surface area contributed by atoms with Gasteiger partial charge in [-0.2, -0.15) is 4.98 Å². The summed E-state index contributed by atoms with van der Waals surface area (Å²) < 4.78 is 10.1. The molecule has 0 aliphatic heterocycles. The van der Waals surface area contributed by atoms with Crippen LogP contribution >= 0.6 is 0 Å². The molecule has 6 nitrogen and oxygen atoms in total. The van der Waals surface area contributed by atoms with Gasteiger partial charge in [0.25, 0.3) is 5.89 Å². The summed E-state index contributed by atoms with van der Waals surface area (Å²) >= 11 is 0. The number of ether oxygens (including phenoxy) is 1. The fraction of sp³-hybridized carbons (Fsp3) is 0.273. The third kappa shape index (κ3) is 2.36. The van der Waals surface area contributed by atoms with Gasteiger partial charge in [-0.15, -0.1) is 0 Å². The molecule has 0 radical (unpaired) electrons. The number of hydrogen-bond acceptors (Lipinski definition) is 6. The first-order valence-electron chi connectivity index (χ1n) is 5.14. The summed E-state index contributed by atoms with van der Waals surface area (Å²) in [6.07, 6.45) is 0. The smallest absolute Gasteiger partial charge is 0.261 e. The molecule has 2 rings (SSSR count). The van der Waals surface area contributed by atoms with E-state index in [1.807, 2.05) is 6.92 Å². The molecule has 0 saturated heterocycles. The molecule has 90 valence electrons. The number of benzene rings is 1. The van der Waals surface area contributed by atoms with Crippen LogP contribution in [0.15, 0.2) is 22.7 Å². The molecular formula is C11H12N2O4. The molecule has 0 spiro atoms. The SMILES string of the molecule is CCOCc1noc(-c2cccc(O)c2O)n1. The molecule has 1 aromatic heterocycles. The van der Waals surface area contributed by atoms with Gasteiger partial charge in [0.2, 0.25) is 0 Å². The zero-order valence-electron chi connectivity index (χ0n) is 9.25. The van der Waals surface area contributed by atoms with Crippen LogP contribution in [0.3, 0.4) is 0 Å². The van der Waals surface area contributed by atoms with Gasteiger partial charge in [0.05, 0.1) is 5.56 Å². The van der Waals surface area contributed by atoms with E-state index in [2.05, 4.69) is 10.1 Å². The van der Waals surface area contributed by atoms with Crippen LogP contribution in [-0.2, 0) is 11.3 Å². The molecule has 2 aromatic rings. The molecule has 1 aromatic carbocycles. The lowest BCUT2D eigenvalue weighted by Gasteiger charge is -2.00. The molecule has 1 heterocycles. The first kappa shape index (κ1) is 11.4. The minimum atomic E-state index is -0.279. The van der Waals surface area contributed by atoms with Gasteiger partial charge >= 0.3 is 0 Å². The third-order valence-corrected chi connectivity index (χ3v) is 2.15. The van der Waals surface area contributed by atoms with E-state index in [-0.39, 0.29) is 24.0 Å². The summed E-state index contributed by atoms with van der Waals surface area (Å²) in [5, 5.41) is 22.7. The summed E-state index contributed by atoms with van der Waals surface area (Å²) in [6.45, 7) is 2.67. The lowest BCUT2D eigenvalue weighted by molar-refractivity contribution is 0.126. The molecule has 0 atom stereocenters. The van der Waals surface area contributed by atoms with Crippen LogP contribution < -0.4 is 0 Å². The maximum atomic E-state index is 9.63. The van der Waals surface area contributed by atoms with E-state index in [9.17, 15) is 10.2 Å². The summed E-state index contributed by atoms with van der Waals surface area (Å²) in [5.74, 6) is 0.0314. The summed E-state index contributed by atoms with van der Waals surface area (Å²) in [4.78, 5) is 4.05. The molecule has 0 fully saturated rings. The predicted octanol–water partition coefficient (Wildman–Crippen LogP) is 1.68. The van der Waals surface area contributed by atoms with E-state index in [4.69, 9.17) is 9.26 Å². The van der Waals surface area contributed by atoms with Crippen molar-refractivity contribution in [3.63, 3.8) is 0 Å². The Hall–Kier alpha value is -2.08. The van der Waals surface area contributed by atoms with Crippen LogP contribution in [-0.4, -0.2) is 27.0 Å². The second kappa shape index (κ2) is 4.84. The minimum Gasteiger partial charge on any atom is -0.504 e. The molecule has 0 unspecified atom stereocenters. The minimum absolute atomic E-state index is 0.146. The number of phenols is 2. The Morgan fingerprint density at radius 1 is 1.35 bits per heavy atom. The van der Waals surface area contributed by atoms with Gasteiger partial charge in [0.1, 0.15) is 6.61 Å². The van der Waals surface area contributed by atoms with Crippen molar-refractivity contribution in [2.24, 2.45) is 0 Å². The Kier molecular flexibility index (Phi) is 3.24. The molecular weight excluding hydrogens is 224 g/mol. The topological polar surface area (TPSA) is 88.6 Å². The van der Waals surface area contributed by atoms with Crippen molar-refractivity contribution in [2.75, 3.05) is 6.61 Å². The lowest BCUT2D eigenvalue weighted by Crippen LogP contribution is -1.93. The fourth-order valence-electron chi connectivity index (χ4n) is 1.32. The van der Waals surface area contributed by atoms with Crippen molar-refractivity contribution in [3.05, 3.63) is 24.0 Å². The van der Waals surface area contributed by atoms with Crippen LogP contribution in [0.4, 0.5) is 0 Å². The van der Waals surface area contributed by atoms with Crippen molar-refractivity contribution >= 4 is 0 Å². The Morgan fingerprint density at radius 3 is 2.94 bits per heavy atom. The van der Waals surface area contributed by atoms with Gasteiger partial charge in [-0.05, 0) is 19.1 Å².